The van der Waals surface area contributed by atoms with Crippen molar-refractivity contribution in [1.29, 1.82) is 0 Å². The van der Waals surface area contributed by atoms with E-state index in [4.69, 9.17) is 10.5 Å². The zero-order valence-electron chi connectivity index (χ0n) is 12.0. The highest BCUT2D eigenvalue weighted by Crippen LogP contribution is 2.44. The molecule has 3 heterocycles. The smallest absolute Gasteiger partial charge is 0.209 e. The minimum Gasteiger partial charge on any atom is -0.394 e. The van der Waals surface area contributed by atoms with Gasteiger partial charge in [-0.2, -0.15) is 0 Å². The van der Waals surface area contributed by atoms with E-state index in [1.807, 2.05) is 0 Å². The average molecular weight is 329 g/mol. The molecule has 0 aromatic carbocycles. The van der Waals surface area contributed by atoms with Crippen LogP contribution in [-0.4, -0.2) is 60.5 Å². The lowest BCUT2D eigenvalue weighted by Crippen LogP contribution is -2.39. The van der Waals surface area contributed by atoms with E-state index in [1.165, 1.54) is 29.4 Å². The van der Waals surface area contributed by atoms with E-state index in [0.717, 1.165) is 0 Å². The standard InChI is InChI=1S/C12H16FN5O3S/c1-12(13)7(20)6(4-19)21-8(12)5-3-15-10-9(14)16-11(22-2)17-18(5)10/h3,6-8,19-20H,4H2,1-2H3,(H2,14,16,17)/t6-,7-,8+,12-/m1/s1. The molecule has 4 N–H and O–H groups in total. The van der Waals surface area contributed by atoms with Gasteiger partial charge in [0, 0.05) is 0 Å². The fourth-order valence-corrected chi connectivity index (χ4v) is 2.92. The van der Waals surface area contributed by atoms with Crippen LogP contribution >= 0.6 is 11.8 Å². The number of aliphatic hydroxyl groups is 2. The maximum Gasteiger partial charge on any atom is 0.209 e. The van der Waals surface area contributed by atoms with E-state index in [9.17, 15) is 14.6 Å². The summed E-state index contributed by atoms with van der Waals surface area (Å²) in [5, 5.41) is 23.8. The summed E-state index contributed by atoms with van der Waals surface area (Å²) >= 11 is 1.28. The maximum atomic E-state index is 14.9. The predicted molar refractivity (Wildman–Crippen MR) is 77.2 cm³/mol. The Morgan fingerprint density at radius 1 is 1.59 bits per heavy atom. The molecule has 1 fully saturated rings. The molecule has 10 heteroatoms. The molecule has 0 radical (unpaired) electrons. The van der Waals surface area contributed by atoms with Crippen molar-refractivity contribution in [3.05, 3.63) is 11.9 Å². The molecule has 1 saturated heterocycles. The topological polar surface area (TPSA) is 119 Å². The van der Waals surface area contributed by atoms with Crippen molar-refractivity contribution in [3.8, 4) is 0 Å². The monoisotopic (exact) mass is 329 g/mol. The zero-order valence-corrected chi connectivity index (χ0v) is 12.8. The van der Waals surface area contributed by atoms with E-state index in [0.29, 0.717) is 10.9 Å². The minimum absolute atomic E-state index is 0.170. The Labute approximate surface area is 129 Å². The molecule has 8 nitrogen and oxygen atoms in total. The van der Waals surface area contributed by atoms with Crippen LogP contribution in [0.15, 0.2) is 11.4 Å². The van der Waals surface area contributed by atoms with Crippen molar-refractivity contribution in [2.75, 3.05) is 18.6 Å². The molecule has 22 heavy (non-hydrogen) atoms. The van der Waals surface area contributed by atoms with Gasteiger partial charge in [-0.3, -0.25) is 0 Å². The lowest BCUT2D eigenvalue weighted by molar-refractivity contribution is -0.0249. The number of nitrogens with two attached hydrogens (primary N) is 1. The number of thioether (sulfide) groups is 1. The quantitative estimate of drug-likeness (QED) is 0.671. The first-order chi connectivity index (χ1) is 10.4. The third kappa shape index (κ3) is 2.14. The summed E-state index contributed by atoms with van der Waals surface area (Å²) in [4.78, 5) is 8.16. The summed E-state index contributed by atoms with van der Waals surface area (Å²) < 4.78 is 21.7. The summed E-state index contributed by atoms with van der Waals surface area (Å²) in [6.07, 6.45) is -0.413. The molecule has 0 spiro atoms. The number of fused-ring (bicyclic) bond motifs is 1. The molecule has 0 amide bonds. The highest BCUT2D eigenvalue weighted by Gasteiger charge is 2.55. The summed E-state index contributed by atoms with van der Waals surface area (Å²) in [6, 6.07) is 0. The molecule has 0 unspecified atom stereocenters. The molecule has 1 aliphatic heterocycles. The first-order valence-corrected chi connectivity index (χ1v) is 7.81. The Kier molecular flexibility index (Phi) is 3.71. The molecule has 0 saturated carbocycles. The third-order valence-electron chi connectivity index (χ3n) is 3.78. The van der Waals surface area contributed by atoms with Crippen molar-refractivity contribution in [2.45, 2.75) is 36.1 Å². The number of nitrogens with zero attached hydrogens (tertiary/aromatic N) is 4. The Morgan fingerprint density at radius 3 is 2.91 bits per heavy atom. The molecule has 120 valence electrons. The number of halogens is 1. The van der Waals surface area contributed by atoms with Crippen LogP contribution in [0.5, 0.6) is 0 Å². The van der Waals surface area contributed by atoms with Crippen molar-refractivity contribution < 1.29 is 19.3 Å². The molecule has 0 bridgehead atoms. The van der Waals surface area contributed by atoms with Gasteiger partial charge in [0.05, 0.1) is 18.5 Å². The van der Waals surface area contributed by atoms with Gasteiger partial charge in [0.1, 0.15) is 18.3 Å². The fourth-order valence-electron chi connectivity index (χ4n) is 2.57. The fraction of sp³-hybridized carbons (Fsp3) is 0.583. The number of alkyl halides is 1. The summed E-state index contributed by atoms with van der Waals surface area (Å²) in [6.45, 7) is 0.735. The first-order valence-electron chi connectivity index (χ1n) is 6.58. The van der Waals surface area contributed by atoms with Crippen LogP contribution < -0.4 is 5.73 Å². The third-order valence-corrected chi connectivity index (χ3v) is 4.32. The molecule has 4 atom stereocenters. The average Bonchev–Trinajstić information content (AvgIpc) is 3.00. The van der Waals surface area contributed by atoms with Crippen LogP contribution in [0.1, 0.15) is 18.7 Å². The second-order valence-electron chi connectivity index (χ2n) is 5.24. The number of ether oxygens (including phenoxy) is 1. The van der Waals surface area contributed by atoms with E-state index in [1.54, 1.807) is 6.26 Å². The van der Waals surface area contributed by atoms with Crippen LogP contribution in [0.3, 0.4) is 0 Å². The van der Waals surface area contributed by atoms with Crippen LogP contribution in [-0.2, 0) is 4.74 Å². The van der Waals surface area contributed by atoms with Gasteiger partial charge >= 0.3 is 0 Å². The second-order valence-corrected chi connectivity index (χ2v) is 6.01. The van der Waals surface area contributed by atoms with Crippen molar-refractivity contribution in [1.82, 2.24) is 19.6 Å². The van der Waals surface area contributed by atoms with Gasteiger partial charge in [-0.1, -0.05) is 11.8 Å². The highest BCUT2D eigenvalue weighted by atomic mass is 32.2. The number of imidazole rings is 1. The lowest BCUT2D eigenvalue weighted by atomic mass is 9.93. The van der Waals surface area contributed by atoms with E-state index in [-0.39, 0.29) is 11.5 Å². The van der Waals surface area contributed by atoms with Crippen LogP contribution in [0.2, 0.25) is 0 Å². The Hall–Kier alpha value is -1.49. The van der Waals surface area contributed by atoms with Gasteiger partial charge in [-0.25, -0.2) is 18.9 Å². The van der Waals surface area contributed by atoms with Gasteiger partial charge in [0.15, 0.2) is 17.1 Å². The maximum absolute atomic E-state index is 14.9. The second kappa shape index (κ2) is 5.30. The number of aromatic nitrogens is 4. The zero-order chi connectivity index (χ0) is 16.1. The van der Waals surface area contributed by atoms with E-state index in [2.05, 4.69) is 15.1 Å². The van der Waals surface area contributed by atoms with Crippen molar-refractivity contribution in [3.63, 3.8) is 0 Å². The summed E-state index contributed by atoms with van der Waals surface area (Å²) in [5.74, 6) is 0.170. The van der Waals surface area contributed by atoms with Gasteiger partial charge in [0.2, 0.25) is 5.16 Å². The van der Waals surface area contributed by atoms with Crippen LogP contribution in [0.25, 0.3) is 5.65 Å². The molecular weight excluding hydrogens is 313 g/mol. The SMILES string of the molecule is CSc1nc(N)c2ncc([C@@H]3O[C@H](CO)[C@@H](O)[C@@]3(C)F)n2n1. The molecule has 2 aromatic rings. The number of nitrogen functional groups attached to an aromatic ring is 1. The van der Waals surface area contributed by atoms with E-state index >= 15 is 0 Å². The van der Waals surface area contributed by atoms with Gasteiger partial charge < -0.3 is 20.7 Å². The normalized spacial score (nSPS) is 32.0. The lowest BCUT2D eigenvalue weighted by Gasteiger charge is -2.23. The molecular formula is C12H16FN5O3S. The van der Waals surface area contributed by atoms with Crippen LogP contribution in [0, 0.1) is 0 Å². The molecule has 2 aromatic heterocycles. The Balaban J connectivity index is 2.12. The Bertz CT molecular complexity index is 709. The molecule has 1 aliphatic rings. The predicted octanol–water partition coefficient (Wildman–Crippen LogP) is -0.0503. The highest BCUT2D eigenvalue weighted by molar-refractivity contribution is 7.98. The minimum atomic E-state index is -2.09. The molecule has 3 rings (SSSR count). The number of rotatable bonds is 3. The Morgan fingerprint density at radius 2 is 2.32 bits per heavy atom. The first kappa shape index (κ1) is 15.4. The number of hydrogen-bond donors (Lipinski definition) is 3. The van der Waals surface area contributed by atoms with Gasteiger partial charge in [-0.15, -0.1) is 5.10 Å². The van der Waals surface area contributed by atoms with E-state index < -0.39 is 30.6 Å². The summed E-state index contributed by atoms with van der Waals surface area (Å²) in [7, 11) is 0. The largest absolute Gasteiger partial charge is 0.394 e. The van der Waals surface area contributed by atoms with Crippen molar-refractivity contribution in [2.24, 2.45) is 0 Å². The number of aliphatic hydroxyl groups excluding tert-OH is 2. The van der Waals surface area contributed by atoms with Gasteiger partial charge in [0.25, 0.3) is 0 Å². The summed E-state index contributed by atoms with van der Waals surface area (Å²) in [5.41, 5.74) is 4.32. The van der Waals surface area contributed by atoms with Gasteiger partial charge in [-0.05, 0) is 13.2 Å². The number of anilines is 1. The molecule has 0 aliphatic carbocycles. The van der Waals surface area contributed by atoms with Crippen LogP contribution in [0.4, 0.5) is 10.2 Å². The van der Waals surface area contributed by atoms with Crippen molar-refractivity contribution >= 4 is 23.2 Å². The number of hydrogen-bond acceptors (Lipinski definition) is 8.